The van der Waals surface area contributed by atoms with Crippen LogP contribution in [0.25, 0.3) is 0 Å². The van der Waals surface area contributed by atoms with E-state index in [-0.39, 0.29) is 129 Å². The molecular formula is C56H82F6O15S15. The Morgan fingerprint density at radius 2 is 0.978 bits per heavy atom. The summed E-state index contributed by atoms with van der Waals surface area (Å²) in [4.78, 5) is 28.4. The zero-order valence-electron chi connectivity index (χ0n) is 50.2. The van der Waals surface area contributed by atoms with E-state index in [1.54, 1.807) is 114 Å². The molecule has 0 bridgehead atoms. The van der Waals surface area contributed by atoms with Crippen LogP contribution in [0.1, 0.15) is 126 Å². The lowest BCUT2D eigenvalue weighted by Crippen LogP contribution is -2.59. The first-order valence-electron chi connectivity index (χ1n) is 27.6. The predicted molar refractivity (Wildman–Crippen MR) is 378 cm³/mol. The number of hydrogen-bond acceptors (Lipinski definition) is 17. The second-order valence-electron chi connectivity index (χ2n) is 23.6. The number of ether oxygens (including phenoxy) is 6. The van der Waals surface area contributed by atoms with Crippen LogP contribution in [0, 0.1) is 56.2 Å². The third-order valence-corrected chi connectivity index (χ3v) is 42.8. The molecule has 6 aliphatic rings. The molecule has 15 nitrogen and oxygen atoms in total. The van der Waals surface area contributed by atoms with E-state index >= 15 is 0 Å². The van der Waals surface area contributed by atoms with Crippen molar-refractivity contribution in [2.45, 2.75) is 150 Å². The summed E-state index contributed by atoms with van der Waals surface area (Å²) in [5.74, 6) is -5.49. The fraction of sp³-hybridized carbons (Fsp3) is 0.714. The maximum atomic E-state index is 14.5. The number of methoxy groups -OCH3 is 1. The molecule has 2 aliphatic heterocycles. The molecule has 0 aromatic heterocycles. The number of aliphatic hydroxyl groups is 1. The first kappa shape index (κ1) is 85.2. The Balaban J connectivity index is 0.000000402. The number of allylic oxidation sites excluding steroid dienone is 2. The van der Waals surface area contributed by atoms with Gasteiger partial charge in [0.1, 0.15) is 28.8 Å². The number of hydrogen-bond donors (Lipinski definition) is 1. The number of aliphatic hydroxyl groups excluding tert-OH is 1. The molecule has 4 aliphatic carbocycles. The highest BCUT2D eigenvalue weighted by atomic mass is 33.5. The van der Waals surface area contributed by atoms with Crippen molar-refractivity contribution >= 4 is 152 Å². The number of carbonyl (C=O) groups is 2. The Labute approximate surface area is 579 Å². The predicted octanol–water partition coefficient (Wildman–Crippen LogP) is 11.6. The summed E-state index contributed by atoms with van der Waals surface area (Å²) in [5, 5.41) is 9.84. The third-order valence-electron chi connectivity index (χ3n) is 18.6. The van der Waals surface area contributed by atoms with Crippen LogP contribution in [0.3, 0.4) is 0 Å². The van der Waals surface area contributed by atoms with Gasteiger partial charge in [0.2, 0.25) is 0 Å². The number of rotatable bonds is 20. The van der Waals surface area contributed by atoms with Gasteiger partial charge in [0, 0.05) is 190 Å². The maximum Gasteiger partial charge on any atom is 0.534 e. The van der Waals surface area contributed by atoms with E-state index in [1.165, 1.54) is 23.8 Å². The van der Waals surface area contributed by atoms with Crippen molar-refractivity contribution in [1.82, 2.24) is 0 Å². The number of fused-ring (bicyclic) bond motifs is 4. The third kappa shape index (κ3) is 18.9. The van der Waals surface area contributed by atoms with Crippen molar-refractivity contribution in [1.29, 1.82) is 0 Å². The lowest BCUT2D eigenvalue weighted by molar-refractivity contribution is -0.237. The summed E-state index contributed by atoms with van der Waals surface area (Å²) in [7, 11) is 7.77. The molecule has 2 spiro atoms. The van der Waals surface area contributed by atoms with Gasteiger partial charge in [-0.2, -0.15) is 43.2 Å². The first-order valence-corrected chi connectivity index (χ1v) is 46.5. The lowest BCUT2D eigenvalue weighted by Gasteiger charge is -2.56. The molecule has 6 fully saturated rings. The van der Waals surface area contributed by atoms with Crippen LogP contribution in [0.2, 0.25) is 0 Å². The molecular weight excluding hydrogens is 1510 g/mol. The molecule has 0 radical (unpaired) electrons. The molecule has 92 heavy (non-hydrogen) atoms. The van der Waals surface area contributed by atoms with Crippen LogP contribution in [0.15, 0.2) is 74.3 Å². The quantitative estimate of drug-likeness (QED) is 0.0425. The summed E-state index contributed by atoms with van der Waals surface area (Å²) in [6, 6.07) is 7.42. The van der Waals surface area contributed by atoms with Crippen LogP contribution in [0.4, 0.5) is 26.3 Å². The van der Waals surface area contributed by atoms with E-state index in [9.17, 15) is 57.9 Å². The minimum atomic E-state index is -5.97. The molecule has 10 atom stereocenters. The highest BCUT2D eigenvalue weighted by Gasteiger charge is 2.74. The van der Waals surface area contributed by atoms with Gasteiger partial charge in [-0.25, -0.2) is 0 Å². The minimum Gasteiger partial charge on any atom is -0.497 e. The fourth-order valence-corrected chi connectivity index (χ4v) is 39.2. The molecule has 1 N–H and O–H groups in total. The van der Waals surface area contributed by atoms with Crippen LogP contribution in [-0.2, 0) is 189 Å². The van der Waals surface area contributed by atoms with Gasteiger partial charge in [-0.05, 0) is 68.1 Å². The van der Waals surface area contributed by atoms with E-state index < -0.39 is 98.7 Å². The highest BCUT2D eigenvalue weighted by molar-refractivity contribution is 8.75. The molecule has 0 amide bonds. The second kappa shape index (κ2) is 34.9. The summed E-state index contributed by atoms with van der Waals surface area (Å²) in [5.41, 5.74) is -17.0. The first-order chi connectivity index (χ1) is 41.9. The summed E-state index contributed by atoms with van der Waals surface area (Å²) >= 11 is 9.40. The van der Waals surface area contributed by atoms with Gasteiger partial charge in [-0.15, -0.1) is 13.2 Å². The Kier molecular flexibility index (Phi) is 32.3. The van der Waals surface area contributed by atoms with Crippen molar-refractivity contribution in [2.24, 2.45) is 56.2 Å². The number of Topliss-reactive ketones (excluding diaryl/α,β-unsaturated/α-hetero) is 2. The van der Waals surface area contributed by atoms with Gasteiger partial charge in [-0.1, -0.05) is 93.8 Å². The van der Waals surface area contributed by atoms with Gasteiger partial charge in [0.05, 0.1) is 53.4 Å². The monoisotopic (exact) mass is 1590 g/mol. The Morgan fingerprint density at radius 3 is 1.29 bits per heavy atom. The number of benzene rings is 1. The lowest BCUT2D eigenvalue weighted by atomic mass is 9.49. The minimum absolute atomic E-state index is 0. The van der Waals surface area contributed by atoms with Crippen molar-refractivity contribution in [3.05, 3.63) is 79.8 Å². The number of ketones is 2. The SMILES string of the molecule is C.C.C=C[C@](C)(CO)CC(=O)[C@@]1(C)C2C3(CC[C@]2(C(=C)OS(=O)(=O)C(F)(F)F)CC[C@H]1C)OCCO3.C=C[C@](C)(COCc1ccc(OC)cc1)CC(=O)[C@@]1(C)C2C3(CC[C@]2(C(=C)OS(=O)(=O)C(F)(F)F)CC[C@H]1C)OCCO3.S=S=S=S=S=S=S=S=S=S=S=S=S. The molecule has 2 saturated heterocycles. The summed E-state index contributed by atoms with van der Waals surface area (Å²) in [6.07, 6.45) is 5.42. The van der Waals surface area contributed by atoms with Crippen molar-refractivity contribution in [2.75, 3.05) is 46.8 Å². The molecule has 2 heterocycles. The number of halogens is 6. The standard InChI is InChI=1S/C31H41F3O8S.C23H33F3O7S.2CH4.S13/c1-7-27(4,20-39-19-23-8-10-24(38-6)11-9-23)18-25(35)28(5)21(2)12-13-29(22(3)42-43(36,37)31(32,33)34)14-15-30(26(28)29)40-16-17-41-30;1-6-19(4,14-27)13-17(28)20(5)15(2)7-8-21(16(3)33-34(29,30)23(24,25)26)9-10-22(18(20)21)31-11-12-32-22;;;1-3-5-7-9-11-13-12-10-8-6-4-2/h7-11,21,26H,1,3,12-20H2,2,4-6H3;6,15,18,27H,1,3,7-14H2,2,4-5H3;2*1H4;/t21-,26?,27+,28+,29+;15-,18?,19+,20+,21+;;;/m11.../s1. The van der Waals surface area contributed by atoms with Crippen LogP contribution in [-0.4, -0.2) is 103 Å². The largest absolute Gasteiger partial charge is 0.534 e. The zero-order chi connectivity index (χ0) is 67.5. The van der Waals surface area contributed by atoms with E-state index in [0.717, 1.165) is 11.3 Å². The van der Waals surface area contributed by atoms with Crippen LogP contribution in [0.5, 0.6) is 5.75 Å². The average molecular weight is 1590 g/mol. The maximum absolute atomic E-state index is 14.5. The van der Waals surface area contributed by atoms with E-state index in [0.29, 0.717) is 19.4 Å². The number of carbonyl (C=O) groups excluding carboxylic acids is 2. The zero-order valence-corrected chi connectivity index (χ0v) is 62.4. The highest BCUT2D eigenvalue weighted by Crippen LogP contribution is 2.71. The van der Waals surface area contributed by atoms with Gasteiger partial charge in [-0.3, -0.25) is 9.59 Å². The van der Waals surface area contributed by atoms with Gasteiger partial charge >= 0.3 is 31.3 Å². The Bertz CT molecular complexity index is 3560. The molecule has 1 aromatic rings. The summed E-state index contributed by atoms with van der Waals surface area (Å²) < 4.78 is 172. The molecule has 36 heteroatoms. The molecule has 4 saturated carbocycles. The second-order valence-corrected chi connectivity index (χ2v) is 46.2. The Morgan fingerprint density at radius 1 is 0.630 bits per heavy atom. The topological polar surface area (TPSA) is 196 Å². The van der Waals surface area contributed by atoms with Crippen molar-refractivity contribution < 1.29 is 94.7 Å². The Hall–Kier alpha value is -0.980. The molecule has 7 rings (SSSR count). The van der Waals surface area contributed by atoms with Gasteiger partial charge in [0.25, 0.3) is 0 Å². The smallest absolute Gasteiger partial charge is 0.497 e. The van der Waals surface area contributed by atoms with E-state index in [2.05, 4.69) is 34.7 Å². The van der Waals surface area contributed by atoms with Gasteiger partial charge < -0.3 is 41.9 Å². The van der Waals surface area contributed by atoms with Crippen LogP contribution < -0.4 is 4.74 Å². The molecule has 528 valence electrons. The van der Waals surface area contributed by atoms with Crippen molar-refractivity contribution in [3.8, 4) is 5.75 Å². The van der Waals surface area contributed by atoms with Crippen molar-refractivity contribution in [3.63, 3.8) is 0 Å². The number of alkyl halides is 6. The van der Waals surface area contributed by atoms with E-state index in [1.807, 2.05) is 45.0 Å². The summed E-state index contributed by atoms with van der Waals surface area (Å²) in [6.45, 7) is 27.0. The molecule has 1 aromatic carbocycles. The fourth-order valence-electron chi connectivity index (χ4n) is 13.5. The van der Waals surface area contributed by atoms with Gasteiger partial charge in [0.15, 0.2) is 11.6 Å². The average Bonchev–Trinajstić information content (AvgIpc) is 1.48. The van der Waals surface area contributed by atoms with Crippen LogP contribution >= 0.6 is 0 Å². The molecule has 2 unspecified atom stereocenters. The normalized spacial score (nSPS) is 27.9. The van der Waals surface area contributed by atoms with E-state index in [4.69, 9.17) is 50.8 Å².